The summed E-state index contributed by atoms with van der Waals surface area (Å²) in [6, 6.07) is 52.2. The van der Waals surface area contributed by atoms with Crippen LogP contribution in [0.25, 0.3) is 90.2 Å². The molecule has 0 saturated carbocycles. The van der Waals surface area contributed by atoms with Crippen molar-refractivity contribution in [1.82, 2.24) is 14.5 Å². The van der Waals surface area contributed by atoms with Gasteiger partial charge in [0.05, 0.1) is 16.4 Å². The van der Waals surface area contributed by atoms with E-state index in [1.165, 1.54) is 96.6 Å². The molecule has 240 valence electrons. The first kappa shape index (κ1) is 27.6. The van der Waals surface area contributed by atoms with Gasteiger partial charge in [0, 0.05) is 58.3 Å². The number of rotatable bonds is 1. The third kappa shape index (κ3) is 3.11. The highest BCUT2D eigenvalue weighted by molar-refractivity contribution is 7.30. The van der Waals surface area contributed by atoms with Crippen molar-refractivity contribution >= 4 is 85.0 Å². The Morgan fingerprint density at radius 2 is 1.10 bits per heavy atom. The van der Waals surface area contributed by atoms with E-state index >= 15 is 0 Å². The number of hydrogen-bond acceptors (Lipinski definition) is 4. The molecule has 11 aromatic rings. The van der Waals surface area contributed by atoms with Crippen molar-refractivity contribution in [2.45, 2.75) is 5.41 Å². The minimum absolute atomic E-state index is 0.412. The van der Waals surface area contributed by atoms with Crippen LogP contribution in [0.5, 0.6) is 0 Å². The molecule has 0 aliphatic heterocycles. The van der Waals surface area contributed by atoms with Gasteiger partial charge in [0.1, 0.15) is 11.2 Å². The van der Waals surface area contributed by atoms with E-state index in [2.05, 4.69) is 149 Å². The molecule has 52 heavy (non-hydrogen) atoms. The largest absolute Gasteiger partial charge is 0.308 e. The highest BCUT2D eigenvalue weighted by Crippen LogP contribution is 2.63. The fourth-order valence-corrected chi connectivity index (χ4v) is 12.4. The monoisotopic (exact) mass is 695 g/mol. The van der Waals surface area contributed by atoms with Crippen LogP contribution >= 0.6 is 22.7 Å². The molecule has 0 atom stereocenters. The van der Waals surface area contributed by atoms with Gasteiger partial charge in [-0.1, -0.05) is 115 Å². The lowest BCUT2D eigenvalue weighted by molar-refractivity contribution is 0.792. The second-order valence-corrected chi connectivity index (χ2v) is 16.1. The van der Waals surface area contributed by atoms with Crippen LogP contribution in [0.1, 0.15) is 22.3 Å². The van der Waals surface area contributed by atoms with Crippen LogP contribution in [0.15, 0.2) is 152 Å². The van der Waals surface area contributed by atoms with E-state index in [0.717, 1.165) is 15.9 Å². The lowest BCUT2D eigenvalue weighted by Gasteiger charge is -2.30. The second kappa shape index (κ2) is 9.59. The Morgan fingerprint density at radius 1 is 0.500 bits per heavy atom. The molecule has 0 unspecified atom stereocenters. The molecule has 0 saturated heterocycles. The van der Waals surface area contributed by atoms with Crippen LogP contribution in [-0.4, -0.2) is 14.5 Å². The summed E-state index contributed by atoms with van der Waals surface area (Å²) in [6.07, 6.45) is 3.70. The normalized spacial score (nSPS) is 13.9. The van der Waals surface area contributed by atoms with E-state index < -0.39 is 5.41 Å². The summed E-state index contributed by atoms with van der Waals surface area (Å²) < 4.78 is 6.47. The van der Waals surface area contributed by atoms with Gasteiger partial charge in [-0.15, -0.1) is 22.7 Å². The number of para-hydroxylation sites is 1. The fraction of sp³-hybridized carbons (Fsp3) is 0.0213. The first-order chi connectivity index (χ1) is 25.8. The van der Waals surface area contributed by atoms with Gasteiger partial charge in [0.25, 0.3) is 0 Å². The van der Waals surface area contributed by atoms with E-state index in [4.69, 9.17) is 4.98 Å². The standard InChI is InChI=1S/C47H25N3S2/c1-6-16-34-27(11-1)28-12-2-7-17-35(28)47(34)36-18-8-3-13-29(36)30-22-21-26(23-37(30)47)50-38-19-9-4-14-31(38)40-43(50)41-33-24-48-25-49-46(33)52-45(41)42-32-15-5-10-20-39(32)51-44(40)42/h1-25H. The summed E-state index contributed by atoms with van der Waals surface area (Å²) in [5.74, 6) is 0. The molecule has 1 spiro atoms. The van der Waals surface area contributed by atoms with E-state index in [1.807, 2.05) is 17.5 Å². The van der Waals surface area contributed by atoms with E-state index in [1.54, 1.807) is 17.7 Å². The number of benzene rings is 7. The Bertz CT molecular complexity index is 3290. The van der Waals surface area contributed by atoms with Crippen molar-refractivity contribution in [3.05, 3.63) is 174 Å². The van der Waals surface area contributed by atoms with E-state index in [9.17, 15) is 0 Å². The maximum Gasteiger partial charge on any atom is 0.127 e. The fourth-order valence-electron chi connectivity index (χ4n) is 9.90. The van der Waals surface area contributed by atoms with Gasteiger partial charge >= 0.3 is 0 Å². The van der Waals surface area contributed by atoms with Gasteiger partial charge in [-0.2, -0.15) is 0 Å². The molecule has 5 heteroatoms. The minimum atomic E-state index is -0.412. The van der Waals surface area contributed by atoms with Crippen molar-refractivity contribution < 1.29 is 0 Å². The Morgan fingerprint density at radius 3 is 1.85 bits per heavy atom. The van der Waals surface area contributed by atoms with Crippen molar-refractivity contribution in [3.63, 3.8) is 0 Å². The molecule has 3 nitrogen and oxygen atoms in total. The summed E-state index contributed by atoms with van der Waals surface area (Å²) in [6.45, 7) is 0. The zero-order valence-corrected chi connectivity index (χ0v) is 29.2. The molecule has 2 aliphatic carbocycles. The Kier molecular flexibility index (Phi) is 5.08. The van der Waals surface area contributed by atoms with Crippen LogP contribution in [0.4, 0.5) is 0 Å². The topological polar surface area (TPSA) is 30.7 Å². The smallest absolute Gasteiger partial charge is 0.127 e. The summed E-state index contributed by atoms with van der Waals surface area (Å²) in [5, 5.41) is 7.55. The maximum atomic E-state index is 4.82. The average molecular weight is 696 g/mol. The van der Waals surface area contributed by atoms with Gasteiger partial charge in [-0.05, 0) is 68.8 Å². The number of fused-ring (bicyclic) bond motifs is 22. The van der Waals surface area contributed by atoms with Gasteiger partial charge in [-0.3, -0.25) is 0 Å². The van der Waals surface area contributed by atoms with Crippen LogP contribution < -0.4 is 0 Å². The molecule has 0 radical (unpaired) electrons. The predicted molar refractivity (Wildman–Crippen MR) is 218 cm³/mol. The maximum absolute atomic E-state index is 4.82. The molecule has 4 aromatic heterocycles. The predicted octanol–water partition coefficient (Wildman–Crippen LogP) is 12.7. The molecule has 0 bridgehead atoms. The first-order valence-electron chi connectivity index (χ1n) is 17.6. The summed E-state index contributed by atoms with van der Waals surface area (Å²) in [4.78, 5) is 10.4. The van der Waals surface area contributed by atoms with Crippen molar-refractivity contribution in [1.29, 1.82) is 0 Å². The molecular formula is C47H25N3S2. The van der Waals surface area contributed by atoms with Crippen LogP contribution in [0.3, 0.4) is 0 Å². The molecule has 0 N–H and O–H groups in total. The SMILES string of the molecule is c1ccc2c(c1)-c1ccccc1C21c2ccccc2-c2ccc(-n3c4ccccc4c4c5sc6ccccc6c5c5sc6ncncc6c5c43)cc21. The zero-order valence-electron chi connectivity index (χ0n) is 27.6. The third-order valence-electron chi connectivity index (χ3n) is 11.8. The third-order valence-corrected chi connectivity index (χ3v) is 14.1. The molecular weight excluding hydrogens is 671 g/mol. The van der Waals surface area contributed by atoms with Crippen LogP contribution in [0.2, 0.25) is 0 Å². The van der Waals surface area contributed by atoms with Gasteiger partial charge in [0.2, 0.25) is 0 Å². The minimum Gasteiger partial charge on any atom is -0.308 e. The Hall–Kier alpha value is -6.14. The van der Waals surface area contributed by atoms with Gasteiger partial charge < -0.3 is 4.57 Å². The molecule has 0 amide bonds. The van der Waals surface area contributed by atoms with E-state index in [-0.39, 0.29) is 0 Å². The second-order valence-electron chi connectivity index (χ2n) is 14.0. The number of thiophene rings is 2. The molecule has 0 fully saturated rings. The lowest BCUT2D eigenvalue weighted by Crippen LogP contribution is -2.26. The average Bonchev–Trinajstić information content (AvgIpc) is 3.99. The van der Waals surface area contributed by atoms with E-state index in [0.29, 0.717) is 0 Å². The molecule has 13 rings (SSSR count). The molecule has 2 aliphatic rings. The summed E-state index contributed by atoms with van der Waals surface area (Å²) >= 11 is 3.70. The highest BCUT2D eigenvalue weighted by Gasteiger charge is 2.51. The first-order valence-corrected chi connectivity index (χ1v) is 19.3. The highest BCUT2D eigenvalue weighted by atomic mass is 32.1. The van der Waals surface area contributed by atoms with Crippen molar-refractivity contribution in [2.24, 2.45) is 0 Å². The lowest BCUT2D eigenvalue weighted by atomic mass is 9.70. The van der Waals surface area contributed by atoms with Crippen LogP contribution in [-0.2, 0) is 5.41 Å². The zero-order chi connectivity index (χ0) is 33.7. The van der Waals surface area contributed by atoms with Gasteiger partial charge in [-0.25, -0.2) is 9.97 Å². The van der Waals surface area contributed by atoms with Crippen molar-refractivity contribution in [3.8, 4) is 27.9 Å². The number of aromatic nitrogens is 3. The van der Waals surface area contributed by atoms with Gasteiger partial charge in [0.15, 0.2) is 0 Å². The Balaban J connectivity index is 1.23. The quantitative estimate of drug-likeness (QED) is 0.171. The number of hydrogen-bond donors (Lipinski definition) is 0. The summed E-state index contributed by atoms with van der Waals surface area (Å²) in [7, 11) is 0. The Labute approximate surface area is 305 Å². The number of nitrogens with zero attached hydrogens (tertiary/aromatic N) is 3. The van der Waals surface area contributed by atoms with Crippen molar-refractivity contribution in [2.75, 3.05) is 0 Å². The van der Waals surface area contributed by atoms with Crippen LogP contribution in [0, 0.1) is 0 Å². The summed E-state index contributed by atoms with van der Waals surface area (Å²) in [5.41, 5.74) is 13.9. The molecule has 7 aromatic carbocycles. The molecule has 4 heterocycles.